The molecule has 2 unspecified atom stereocenters. The van der Waals surface area contributed by atoms with Crippen LogP contribution >= 0.6 is 11.6 Å². The van der Waals surface area contributed by atoms with Crippen molar-refractivity contribution < 1.29 is 4.74 Å². The number of hydrogen-bond donors (Lipinski definition) is 2. The smallest absolute Gasteiger partial charge is 0.120 e. The van der Waals surface area contributed by atoms with E-state index in [1.54, 1.807) is 6.20 Å². The van der Waals surface area contributed by atoms with Crippen molar-refractivity contribution in [3.05, 3.63) is 111 Å². The van der Waals surface area contributed by atoms with E-state index in [4.69, 9.17) is 16.3 Å². The number of fused-ring (bicyclic) bond motifs is 2. The van der Waals surface area contributed by atoms with Crippen molar-refractivity contribution in [1.29, 1.82) is 0 Å². The van der Waals surface area contributed by atoms with Gasteiger partial charge in [0.1, 0.15) is 12.4 Å². The van der Waals surface area contributed by atoms with Crippen LogP contribution in [-0.4, -0.2) is 21.7 Å². The van der Waals surface area contributed by atoms with Gasteiger partial charge >= 0.3 is 0 Å². The molecule has 0 fully saturated rings. The summed E-state index contributed by atoms with van der Waals surface area (Å²) in [6.45, 7) is 1.27. The van der Waals surface area contributed by atoms with E-state index in [0.29, 0.717) is 6.61 Å². The Labute approximate surface area is 191 Å². The quantitative estimate of drug-likeness (QED) is 0.469. The summed E-state index contributed by atoms with van der Waals surface area (Å²) in [5, 5.41) is 13.1. The molecule has 5 nitrogen and oxygen atoms in total. The highest BCUT2D eigenvalue weighted by atomic mass is 35.5. The van der Waals surface area contributed by atoms with Crippen molar-refractivity contribution in [2.24, 2.45) is 0 Å². The number of hydrogen-bond acceptors (Lipinski definition) is 4. The van der Waals surface area contributed by atoms with Gasteiger partial charge in [0.25, 0.3) is 0 Å². The van der Waals surface area contributed by atoms with Crippen molar-refractivity contribution in [2.75, 3.05) is 6.54 Å². The highest BCUT2D eigenvalue weighted by molar-refractivity contribution is 6.31. The zero-order chi connectivity index (χ0) is 21.5. The van der Waals surface area contributed by atoms with E-state index in [9.17, 15) is 0 Å². The van der Waals surface area contributed by atoms with E-state index >= 15 is 0 Å². The third-order valence-electron chi connectivity index (χ3n) is 6.59. The van der Waals surface area contributed by atoms with Gasteiger partial charge < -0.3 is 15.0 Å². The van der Waals surface area contributed by atoms with Gasteiger partial charge in [0, 0.05) is 41.1 Å². The number of aryl methyl sites for hydroxylation is 2. The number of aromatic amines is 1. The third-order valence-corrected chi connectivity index (χ3v) is 6.96. The fourth-order valence-corrected chi connectivity index (χ4v) is 5.17. The summed E-state index contributed by atoms with van der Waals surface area (Å²) in [5.74, 6) is 1.07. The molecule has 3 heterocycles. The number of nitrogens with one attached hydrogen (secondary N) is 2. The van der Waals surface area contributed by atoms with Crippen molar-refractivity contribution in [3.8, 4) is 5.75 Å². The van der Waals surface area contributed by atoms with Crippen molar-refractivity contribution in [1.82, 2.24) is 20.5 Å². The van der Waals surface area contributed by atoms with E-state index in [1.165, 1.54) is 27.9 Å². The second-order valence-electron chi connectivity index (χ2n) is 8.43. The lowest BCUT2D eigenvalue weighted by molar-refractivity contribution is 0.306. The third kappa shape index (κ3) is 3.38. The molecule has 6 rings (SSSR count). The molecule has 0 spiro atoms. The first-order valence-corrected chi connectivity index (χ1v) is 11.4. The van der Waals surface area contributed by atoms with Crippen LogP contribution < -0.4 is 10.1 Å². The van der Waals surface area contributed by atoms with Gasteiger partial charge in [0.15, 0.2) is 0 Å². The first-order chi connectivity index (χ1) is 15.8. The molecule has 160 valence electrons. The van der Waals surface area contributed by atoms with E-state index in [2.05, 4.69) is 51.0 Å². The van der Waals surface area contributed by atoms with Crippen LogP contribution in [0, 0.1) is 0 Å². The number of ether oxygens (including phenoxy) is 1. The summed E-state index contributed by atoms with van der Waals surface area (Å²) in [6.07, 6.45) is 5.97. The Morgan fingerprint density at radius 1 is 1.03 bits per heavy atom. The SMILES string of the molecule is Clc1ccccc1COc1cccc(C2CNC3c4nnccc4CCc4c[nH]c2c43)c1. The fraction of sp³-hybridized carbons (Fsp3) is 0.231. The average molecular weight is 443 g/mol. The van der Waals surface area contributed by atoms with Crippen molar-refractivity contribution in [3.63, 3.8) is 0 Å². The van der Waals surface area contributed by atoms with Gasteiger partial charge in [-0.3, -0.25) is 0 Å². The number of rotatable bonds is 4. The molecule has 2 N–H and O–H groups in total. The molecule has 1 aliphatic heterocycles. The molecule has 32 heavy (non-hydrogen) atoms. The molecule has 2 atom stereocenters. The van der Waals surface area contributed by atoms with Crippen LogP contribution in [0.3, 0.4) is 0 Å². The van der Waals surface area contributed by atoms with Crippen LogP contribution in [0.25, 0.3) is 0 Å². The average Bonchev–Trinajstić information content (AvgIpc) is 3.19. The first kappa shape index (κ1) is 19.5. The Balaban J connectivity index is 1.30. The summed E-state index contributed by atoms with van der Waals surface area (Å²) < 4.78 is 6.08. The molecule has 2 aromatic heterocycles. The topological polar surface area (TPSA) is 62.8 Å². The number of nitrogens with zero attached hydrogens (tertiary/aromatic N) is 2. The van der Waals surface area contributed by atoms with Gasteiger partial charge in [-0.05, 0) is 59.4 Å². The maximum Gasteiger partial charge on any atom is 0.120 e. The summed E-state index contributed by atoms with van der Waals surface area (Å²) in [4.78, 5) is 3.59. The first-order valence-electron chi connectivity index (χ1n) is 11.0. The van der Waals surface area contributed by atoms with Crippen LogP contribution in [-0.2, 0) is 19.4 Å². The molecule has 4 aromatic rings. The van der Waals surface area contributed by atoms with E-state index in [-0.39, 0.29) is 12.0 Å². The standard InChI is InChI=1S/C26H23ClN4O/c27-22-7-2-1-4-19(22)15-32-20-6-3-5-17(12-20)21-14-29-26-23-18(13-28-25(21)23)9-8-16-10-11-30-31-24(16)26/h1-7,10-13,21,26,28-29H,8-9,14-15H2. The minimum absolute atomic E-state index is 0.0911. The number of H-pyrrole nitrogens is 1. The van der Waals surface area contributed by atoms with Crippen molar-refractivity contribution >= 4 is 11.6 Å². The van der Waals surface area contributed by atoms with Gasteiger partial charge in [0.05, 0.1) is 11.7 Å². The Hall–Kier alpha value is -3.15. The second kappa shape index (κ2) is 8.08. The fourth-order valence-electron chi connectivity index (χ4n) is 4.98. The zero-order valence-corrected chi connectivity index (χ0v) is 18.3. The molecule has 6 heteroatoms. The van der Waals surface area contributed by atoms with Crippen LogP contribution in [0.5, 0.6) is 5.75 Å². The largest absolute Gasteiger partial charge is 0.489 e. The summed E-state index contributed by atoms with van der Waals surface area (Å²) >= 11 is 6.28. The van der Waals surface area contributed by atoms with Gasteiger partial charge in [-0.2, -0.15) is 10.2 Å². The lowest BCUT2D eigenvalue weighted by Gasteiger charge is -2.31. The number of aromatic nitrogens is 3. The molecule has 0 radical (unpaired) electrons. The predicted octanol–water partition coefficient (Wildman–Crippen LogP) is 4.96. The molecule has 0 bridgehead atoms. The molecule has 2 aliphatic rings. The molecular formula is C26H23ClN4O. The van der Waals surface area contributed by atoms with Gasteiger partial charge in [-0.15, -0.1) is 0 Å². The zero-order valence-electron chi connectivity index (χ0n) is 17.5. The highest BCUT2D eigenvalue weighted by Crippen LogP contribution is 2.41. The van der Waals surface area contributed by atoms with E-state index < -0.39 is 0 Å². The van der Waals surface area contributed by atoms with Crippen LogP contribution in [0.1, 0.15) is 51.2 Å². The van der Waals surface area contributed by atoms with Gasteiger partial charge in [-0.25, -0.2) is 0 Å². The predicted molar refractivity (Wildman–Crippen MR) is 124 cm³/mol. The molecule has 0 saturated heterocycles. The van der Waals surface area contributed by atoms with Crippen LogP contribution in [0.15, 0.2) is 67.0 Å². The molecular weight excluding hydrogens is 420 g/mol. The minimum Gasteiger partial charge on any atom is -0.489 e. The monoisotopic (exact) mass is 442 g/mol. The lowest BCUT2D eigenvalue weighted by atomic mass is 9.85. The molecule has 1 aliphatic carbocycles. The van der Waals surface area contributed by atoms with Gasteiger partial charge in [0.2, 0.25) is 0 Å². The summed E-state index contributed by atoms with van der Waals surface area (Å²) in [5.41, 5.74) is 8.52. The number of halogens is 1. The summed E-state index contributed by atoms with van der Waals surface area (Å²) in [6, 6.07) is 18.4. The Kier molecular flexibility index (Phi) is 4.93. The van der Waals surface area contributed by atoms with Gasteiger partial charge in [-0.1, -0.05) is 41.9 Å². The minimum atomic E-state index is 0.0911. The van der Waals surface area contributed by atoms with Crippen LogP contribution in [0.2, 0.25) is 5.02 Å². The lowest BCUT2D eigenvalue weighted by Crippen LogP contribution is -2.35. The Bertz CT molecular complexity index is 1280. The van der Waals surface area contributed by atoms with E-state index in [0.717, 1.165) is 41.4 Å². The van der Waals surface area contributed by atoms with Crippen LogP contribution in [0.4, 0.5) is 0 Å². The summed E-state index contributed by atoms with van der Waals surface area (Å²) in [7, 11) is 0. The maximum absolute atomic E-state index is 6.28. The molecule has 0 amide bonds. The normalized spacial score (nSPS) is 19.0. The second-order valence-corrected chi connectivity index (χ2v) is 8.84. The Morgan fingerprint density at radius 2 is 1.94 bits per heavy atom. The molecule has 0 saturated carbocycles. The van der Waals surface area contributed by atoms with E-state index in [1.807, 2.05) is 30.3 Å². The Morgan fingerprint density at radius 3 is 2.88 bits per heavy atom. The highest BCUT2D eigenvalue weighted by Gasteiger charge is 2.35. The maximum atomic E-state index is 6.28. The van der Waals surface area contributed by atoms with Crippen molar-refractivity contribution in [2.45, 2.75) is 31.4 Å². The molecule has 2 aromatic carbocycles. The number of benzene rings is 2.